The summed E-state index contributed by atoms with van der Waals surface area (Å²) in [6.07, 6.45) is 2.76. The summed E-state index contributed by atoms with van der Waals surface area (Å²) in [5.74, 6) is 1.80. The molecule has 92 valence electrons. The standard InChI is InChI=1S/C12H22N2OS/c1-4-15-10-5-9(6-10)13-12-14-11(7-16-12)8(2)3/h8-11H,4-7H2,1-3H3,(H,13,14). The molecule has 4 heteroatoms. The second-order valence-corrected chi connectivity index (χ2v) is 5.96. The Kier molecular flexibility index (Phi) is 4.14. The van der Waals surface area contributed by atoms with Gasteiger partial charge < -0.3 is 10.1 Å². The van der Waals surface area contributed by atoms with E-state index in [4.69, 9.17) is 9.73 Å². The van der Waals surface area contributed by atoms with Crippen molar-refractivity contribution in [2.24, 2.45) is 10.9 Å². The van der Waals surface area contributed by atoms with E-state index < -0.39 is 0 Å². The lowest BCUT2D eigenvalue weighted by atomic mass is 9.89. The molecule has 1 saturated carbocycles. The highest BCUT2D eigenvalue weighted by molar-refractivity contribution is 8.14. The van der Waals surface area contributed by atoms with Crippen molar-refractivity contribution in [3.8, 4) is 0 Å². The molecule has 1 N–H and O–H groups in total. The summed E-state index contributed by atoms with van der Waals surface area (Å²) in [5, 5.41) is 4.67. The lowest BCUT2D eigenvalue weighted by Crippen LogP contribution is -2.46. The number of aliphatic imine (C=N–C) groups is 1. The molecule has 2 aliphatic rings. The molecule has 0 aromatic heterocycles. The van der Waals surface area contributed by atoms with Crippen LogP contribution < -0.4 is 5.32 Å². The maximum Gasteiger partial charge on any atom is 0.157 e. The Balaban J connectivity index is 1.70. The minimum atomic E-state index is 0.482. The highest BCUT2D eigenvalue weighted by Crippen LogP contribution is 2.27. The molecule has 16 heavy (non-hydrogen) atoms. The van der Waals surface area contributed by atoms with E-state index in [9.17, 15) is 0 Å². The van der Waals surface area contributed by atoms with Crippen LogP contribution in [-0.4, -0.2) is 35.7 Å². The fraction of sp³-hybridized carbons (Fsp3) is 0.917. The van der Waals surface area contributed by atoms with Crippen molar-refractivity contribution >= 4 is 16.9 Å². The predicted octanol–water partition coefficient (Wildman–Crippen LogP) is 2.27. The molecule has 0 saturated heterocycles. The molecule has 0 amide bonds. The molecule has 2 rings (SSSR count). The number of hydrogen-bond donors (Lipinski definition) is 1. The first-order valence-corrected chi connectivity index (χ1v) is 7.26. The van der Waals surface area contributed by atoms with Crippen LogP contribution in [0.4, 0.5) is 0 Å². The number of rotatable bonds is 4. The van der Waals surface area contributed by atoms with Gasteiger partial charge in [-0.15, -0.1) is 0 Å². The third kappa shape index (κ3) is 2.92. The summed E-state index contributed by atoms with van der Waals surface area (Å²) >= 11 is 1.87. The largest absolute Gasteiger partial charge is 0.378 e. The molecule has 3 nitrogen and oxygen atoms in total. The van der Waals surface area contributed by atoms with E-state index in [-0.39, 0.29) is 0 Å². The topological polar surface area (TPSA) is 33.6 Å². The van der Waals surface area contributed by atoms with Crippen LogP contribution in [0.3, 0.4) is 0 Å². The Labute approximate surface area is 102 Å². The van der Waals surface area contributed by atoms with E-state index >= 15 is 0 Å². The minimum Gasteiger partial charge on any atom is -0.378 e. The van der Waals surface area contributed by atoms with Crippen LogP contribution in [0, 0.1) is 5.92 Å². The highest BCUT2D eigenvalue weighted by Gasteiger charge is 2.31. The van der Waals surface area contributed by atoms with Gasteiger partial charge in [-0.3, -0.25) is 4.99 Å². The SMILES string of the molecule is CCOC1CC(NC2=NC(C(C)C)CS2)C1. The molecule has 1 unspecified atom stereocenters. The van der Waals surface area contributed by atoms with Gasteiger partial charge in [0, 0.05) is 18.4 Å². The van der Waals surface area contributed by atoms with Gasteiger partial charge in [-0.1, -0.05) is 25.6 Å². The van der Waals surface area contributed by atoms with Crippen LogP contribution in [0.25, 0.3) is 0 Å². The molecular formula is C12H22N2OS. The highest BCUT2D eigenvalue weighted by atomic mass is 32.2. The zero-order valence-corrected chi connectivity index (χ0v) is 11.2. The summed E-state index contributed by atoms with van der Waals surface area (Å²) in [7, 11) is 0. The van der Waals surface area contributed by atoms with Crippen molar-refractivity contribution in [1.82, 2.24) is 5.32 Å². The quantitative estimate of drug-likeness (QED) is 0.821. The third-order valence-electron chi connectivity index (χ3n) is 3.27. The van der Waals surface area contributed by atoms with Gasteiger partial charge in [0.25, 0.3) is 0 Å². The van der Waals surface area contributed by atoms with Gasteiger partial charge in [-0.2, -0.15) is 0 Å². The predicted molar refractivity (Wildman–Crippen MR) is 70.1 cm³/mol. The Morgan fingerprint density at radius 3 is 2.81 bits per heavy atom. The Morgan fingerprint density at radius 2 is 2.25 bits per heavy atom. The van der Waals surface area contributed by atoms with Crippen LogP contribution in [0.15, 0.2) is 4.99 Å². The summed E-state index contributed by atoms with van der Waals surface area (Å²) in [6, 6.07) is 1.10. The Morgan fingerprint density at radius 1 is 1.50 bits per heavy atom. The maximum atomic E-state index is 5.55. The first-order valence-electron chi connectivity index (χ1n) is 6.27. The van der Waals surface area contributed by atoms with Crippen LogP contribution in [0.1, 0.15) is 33.6 Å². The van der Waals surface area contributed by atoms with Crippen molar-refractivity contribution in [3.05, 3.63) is 0 Å². The van der Waals surface area contributed by atoms with Crippen LogP contribution in [0.5, 0.6) is 0 Å². The van der Waals surface area contributed by atoms with E-state index in [2.05, 4.69) is 26.1 Å². The second kappa shape index (κ2) is 5.41. The van der Waals surface area contributed by atoms with Crippen LogP contribution in [0.2, 0.25) is 0 Å². The molecule has 0 radical (unpaired) electrons. The van der Waals surface area contributed by atoms with Crippen molar-refractivity contribution in [2.75, 3.05) is 12.4 Å². The second-order valence-electron chi connectivity index (χ2n) is 4.95. The summed E-state index contributed by atoms with van der Waals surface area (Å²) in [5.41, 5.74) is 0. The van der Waals surface area contributed by atoms with E-state index in [0.29, 0.717) is 24.1 Å². The third-order valence-corrected chi connectivity index (χ3v) is 4.27. The molecule has 1 fully saturated rings. The zero-order valence-electron chi connectivity index (χ0n) is 10.4. The number of thioether (sulfide) groups is 1. The normalized spacial score (nSPS) is 33.8. The fourth-order valence-electron chi connectivity index (χ4n) is 2.04. The molecule has 1 heterocycles. The van der Waals surface area contributed by atoms with Crippen molar-refractivity contribution in [2.45, 2.75) is 51.8 Å². The van der Waals surface area contributed by atoms with Crippen LogP contribution >= 0.6 is 11.8 Å². The Hall–Kier alpha value is -0.220. The smallest absolute Gasteiger partial charge is 0.157 e. The molecule has 0 spiro atoms. The van der Waals surface area contributed by atoms with E-state index in [1.54, 1.807) is 0 Å². The monoisotopic (exact) mass is 242 g/mol. The first kappa shape index (κ1) is 12.2. The zero-order chi connectivity index (χ0) is 11.5. The van der Waals surface area contributed by atoms with E-state index in [1.807, 2.05) is 11.8 Å². The first-order chi connectivity index (χ1) is 7.69. The number of nitrogens with one attached hydrogen (secondary N) is 1. The van der Waals surface area contributed by atoms with Gasteiger partial charge in [0.2, 0.25) is 0 Å². The lowest BCUT2D eigenvalue weighted by molar-refractivity contribution is -0.00542. The minimum absolute atomic E-state index is 0.482. The van der Waals surface area contributed by atoms with Crippen molar-refractivity contribution < 1.29 is 4.74 Å². The van der Waals surface area contributed by atoms with Gasteiger partial charge >= 0.3 is 0 Å². The van der Waals surface area contributed by atoms with Crippen molar-refractivity contribution in [3.63, 3.8) is 0 Å². The lowest BCUT2D eigenvalue weighted by Gasteiger charge is -2.35. The van der Waals surface area contributed by atoms with Crippen molar-refractivity contribution in [1.29, 1.82) is 0 Å². The number of ether oxygens (including phenoxy) is 1. The molecule has 0 aromatic rings. The number of amidine groups is 1. The molecule has 0 aromatic carbocycles. The van der Waals surface area contributed by atoms with E-state index in [0.717, 1.165) is 30.4 Å². The average Bonchev–Trinajstić information content (AvgIpc) is 2.63. The van der Waals surface area contributed by atoms with Gasteiger partial charge in [-0.05, 0) is 25.7 Å². The molecular weight excluding hydrogens is 220 g/mol. The molecule has 1 atom stereocenters. The number of hydrogen-bond acceptors (Lipinski definition) is 4. The summed E-state index contributed by atoms with van der Waals surface area (Å²) in [4.78, 5) is 4.71. The number of nitrogens with zero attached hydrogens (tertiary/aromatic N) is 1. The fourth-order valence-corrected chi connectivity index (χ4v) is 3.29. The summed E-state index contributed by atoms with van der Waals surface area (Å²) < 4.78 is 5.55. The van der Waals surface area contributed by atoms with Gasteiger partial charge in [-0.25, -0.2) is 0 Å². The molecule has 1 aliphatic heterocycles. The van der Waals surface area contributed by atoms with Gasteiger partial charge in [0.05, 0.1) is 12.1 Å². The average molecular weight is 242 g/mol. The van der Waals surface area contributed by atoms with Gasteiger partial charge in [0.15, 0.2) is 5.17 Å². The maximum absolute atomic E-state index is 5.55. The Bertz CT molecular complexity index is 262. The molecule has 1 aliphatic carbocycles. The summed E-state index contributed by atoms with van der Waals surface area (Å²) in [6.45, 7) is 7.38. The van der Waals surface area contributed by atoms with Crippen LogP contribution in [-0.2, 0) is 4.74 Å². The van der Waals surface area contributed by atoms with E-state index in [1.165, 1.54) is 0 Å². The molecule has 0 bridgehead atoms. The van der Waals surface area contributed by atoms with Gasteiger partial charge in [0.1, 0.15) is 0 Å².